The number of amides is 1. The van der Waals surface area contributed by atoms with Crippen molar-refractivity contribution in [3.63, 3.8) is 0 Å². The van der Waals surface area contributed by atoms with Gasteiger partial charge in [0.1, 0.15) is 12.4 Å². The normalized spacial score (nSPS) is 19.3. The van der Waals surface area contributed by atoms with Crippen LogP contribution in [0.15, 0.2) is 41.2 Å². The third-order valence-corrected chi connectivity index (χ3v) is 5.29. The van der Waals surface area contributed by atoms with E-state index in [0.29, 0.717) is 17.3 Å². The van der Waals surface area contributed by atoms with Crippen LogP contribution in [0.25, 0.3) is 10.3 Å². The minimum absolute atomic E-state index is 0.0431. The van der Waals surface area contributed by atoms with Crippen LogP contribution in [0.4, 0.5) is 5.69 Å². The van der Waals surface area contributed by atoms with Gasteiger partial charge in [-0.3, -0.25) is 19.4 Å². The molecule has 1 fully saturated rings. The van der Waals surface area contributed by atoms with Gasteiger partial charge in [0, 0.05) is 12.1 Å². The molecule has 0 radical (unpaired) electrons. The molecule has 1 saturated carbocycles. The molecule has 5 rings (SSSR count). The number of hydrazone groups is 1. The summed E-state index contributed by atoms with van der Waals surface area (Å²) in [5.74, 6) is 0.957. The highest BCUT2D eigenvalue weighted by molar-refractivity contribution is 7.16. The second-order valence-corrected chi connectivity index (χ2v) is 7.32. The predicted molar refractivity (Wildman–Crippen MR) is 97.7 cm³/mol. The van der Waals surface area contributed by atoms with Gasteiger partial charge in [-0.2, -0.15) is 5.10 Å². The largest absolute Gasteiger partial charge is 0.367 e. The maximum atomic E-state index is 12.4. The van der Waals surface area contributed by atoms with Gasteiger partial charge < -0.3 is 10.4 Å². The summed E-state index contributed by atoms with van der Waals surface area (Å²) in [5.41, 5.74) is 3.95. The van der Waals surface area contributed by atoms with Gasteiger partial charge in [0.2, 0.25) is 5.91 Å². The molecule has 2 N–H and O–H groups in total. The van der Waals surface area contributed by atoms with Crippen LogP contribution in [0.2, 0.25) is 0 Å². The lowest BCUT2D eigenvalue weighted by Crippen LogP contribution is -2.39. The standard InChI is InChI=1S/C17H16N6O2S/c24-14(20-11-2-1-5-18-7-11)8-22-17(25)12-6-13-16(19-9-26-13)23(12)15(21-22)10-3-4-10/h1-2,5-7,9-10,17,25H,3-4,8H2,(H,20,24). The Morgan fingerprint density at radius 3 is 3.08 bits per heavy atom. The molecular weight excluding hydrogens is 352 g/mol. The summed E-state index contributed by atoms with van der Waals surface area (Å²) in [6.45, 7) is -0.0431. The van der Waals surface area contributed by atoms with E-state index in [4.69, 9.17) is 0 Å². The fraction of sp³-hybridized carbons (Fsp3) is 0.294. The molecule has 132 valence electrons. The van der Waals surface area contributed by atoms with Gasteiger partial charge in [-0.25, -0.2) is 4.98 Å². The van der Waals surface area contributed by atoms with Crippen molar-refractivity contribution in [2.75, 3.05) is 11.9 Å². The Morgan fingerprint density at radius 1 is 1.42 bits per heavy atom. The van der Waals surface area contributed by atoms with E-state index in [1.807, 2.05) is 10.6 Å². The molecule has 4 heterocycles. The van der Waals surface area contributed by atoms with Crippen LogP contribution in [0.5, 0.6) is 0 Å². The zero-order valence-corrected chi connectivity index (χ0v) is 14.6. The van der Waals surface area contributed by atoms with E-state index >= 15 is 0 Å². The number of carbonyl (C=O) groups is 1. The number of anilines is 1. The lowest BCUT2D eigenvalue weighted by Gasteiger charge is -2.31. The van der Waals surface area contributed by atoms with E-state index in [0.717, 1.165) is 29.0 Å². The third kappa shape index (κ3) is 2.56. The molecule has 1 amide bonds. The van der Waals surface area contributed by atoms with Crippen molar-refractivity contribution >= 4 is 39.1 Å². The number of hydrogen-bond donors (Lipinski definition) is 2. The van der Waals surface area contributed by atoms with E-state index in [9.17, 15) is 9.90 Å². The summed E-state index contributed by atoms with van der Waals surface area (Å²) < 4.78 is 2.96. The van der Waals surface area contributed by atoms with E-state index in [2.05, 4.69) is 20.4 Å². The fourth-order valence-electron chi connectivity index (χ4n) is 3.16. The van der Waals surface area contributed by atoms with Crippen LogP contribution >= 0.6 is 11.3 Å². The van der Waals surface area contributed by atoms with Crippen LogP contribution in [-0.2, 0) is 4.79 Å². The zero-order chi connectivity index (χ0) is 17.7. The van der Waals surface area contributed by atoms with Crippen molar-refractivity contribution in [1.29, 1.82) is 0 Å². The zero-order valence-electron chi connectivity index (χ0n) is 13.7. The number of aliphatic hydroxyl groups excluding tert-OH is 1. The Labute approximate surface area is 152 Å². The first-order valence-electron chi connectivity index (χ1n) is 8.39. The molecule has 1 atom stereocenters. The van der Waals surface area contributed by atoms with Crippen molar-refractivity contribution < 1.29 is 9.90 Å². The number of hydrogen-bond acceptors (Lipinski definition) is 7. The number of carbonyl (C=O) groups excluding carboxylic acids is 1. The van der Waals surface area contributed by atoms with Crippen LogP contribution in [0.1, 0.15) is 24.8 Å². The minimum Gasteiger partial charge on any atom is -0.367 e. The Bertz CT molecular complexity index is 1010. The quantitative estimate of drug-likeness (QED) is 0.734. The molecule has 0 saturated heterocycles. The smallest absolute Gasteiger partial charge is 0.245 e. The van der Waals surface area contributed by atoms with E-state index in [1.54, 1.807) is 30.0 Å². The molecule has 3 aromatic heterocycles. The van der Waals surface area contributed by atoms with Gasteiger partial charge in [0.15, 0.2) is 11.9 Å². The molecule has 1 unspecified atom stereocenters. The molecule has 8 nitrogen and oxygen atoms in total. The van der Waals surface area contributed by atoms with Gasteiger partial charge in [-0.15, -0.1) is 11.3 Å². The van der Waals surface area contributed by atoms with E-state index in [1.165, 1.54) is 16.3 Å². The van der Waals surface area contributed by atoms with E-state index in [-0.39, 0.29) is 12.5 Å². The maximum absolute atomic E-state index is 12.4. The lowest BCUT2D eigenvalue weighted by molar-refractivity contribution is -0.120. The molecule has 9 heteroatoms. The van der Waals surface area contributed by atoms with Crippen molar-refractivity contribution in [3.05, 3.63) is 41.8 Å². The summed E-state index contributed by atoms with van der Waals surface area (Å²) in [7, 11) is 0. The molecule has 1 aliphatic heterocycles. The highest BCUT2D eigenvalue weighted by Crippen LogP contribution is 2.39. The van der Waals surface area contributed by atoms with Crippen molar-refractivity contribution in [3.8, 4) is 0 Å². The average Bonchev–Trinajstić information content (AvgIpc) is 3.26. The number of aromatic nitrogens is 3. The topological polar surface area (TPSA) is 95.6 Å². The van der Waals surface area contributed by atoms with Crippen LogP contribution in [0, 0.1) is 5.92 Å². The molecule has 2 aliphatic rings. The Kier molecular flexibility index (Phi) is 3.50. The van der Waals surface area contributed by atoms with Gasteiger partial charge in [0.05, 0.1) is 27.8 Å². The lowest BCUT2D eigenvalue weighted by atomic mass is 10.3. The van der Waals surface area contributed by atoms with Crippen molar-refractivity contribution in [2.45, 2.75) is 19.1 Å². The number of fused-ring (bicyclic) bond motifs is 3. The molecular formula is C17H16N6O2S. The summed E-state index contributed by atoms with van der Waals surface area (Å²) >= 11 is 1.53. The molecule has 0 spiro atoms. The first-order chi connectivity index (χ1) is 12.7. The molecule has 1 aliphatic carbocycles. The number of nitrogens with one attached hydrogen (secondary N) is 1. The Balaban J connectivity index is 1.44. The van der Waals surface area contributed by atoms with Gasteiger partial charge in [-0.1, -0.05) is 0 Å². The first-order valence-corrected chi connectivity index (χ1v) is 9.27. The predicted octanol–water partition coefficient (Wildman–Crippen LogP) is 2.01. The second kappa shape index (κ2) is 5.89. The van der Waals surface area contributed by atoms with Crippen molar-refractivity contribution in [2.24, 2.45) is 11.0 Å². The van der Waals surface area contributed by atoms with Gasteiger partial charge >= 0.3 is 0 Å². The summed E-state index contributed by atoms with van der Waals surface area (Å²) in [6, 6.07) is 5.45. The summed E-state index contributed by atoms with van der Waals surface area (Å²) in [6.07, 6.45) is 4.36. The molecule has 3 aromatic rings. The number of rotatable bonds is 4. The molecule has 26 heavy (non-hydrogen) atoms. The molecule has 0 bridgehead atoms. The maximum Gasteiger partial charge on any atom is 0.245 e. The summed E-state index contributed by atoms with van der Waals surface area (Å²) in [4.78, 5) is 20.8. The highest BCUT2D eigenvalue weighted by atomic mass is 32.1. The van der Waals surface area contributed by atoms with Crippen LogP contribution in [0.3, 0.4) is 0 Å². The number of thiazole rings is 1. The molecule has 0 aromatic carbocycles. The van der Waals surface area contributed by atoms with Gasteiger partial charge in [0.25, 0.3) is 0 Å². The van der Waals surface area contributed by atoms with Crippen LogP contribution in [-0.4, -0.2) is 42.9 Å². The average molecular weight is 368 g/mol. The second-order valence-electron chi connectivity index (χ2n) is 6.44. The fourth-order valence-corrected chi connectivity index (χ4v) is 3.87. The van der Waals surface area contributed by atoms with Crippen molar-refractivity contribution in [1.82, 2.24) is 19.5 Å². The van der Waals surface area contributed by atoms with Gasteiger partial charge in [-0.05, 0) is 31.0 Å². The number of aliphatic hydroxyl groups is 1. The Hall–Kier alpha value is -2.78. The van der Waals surface area contributed by atoms with Crippen LogP contribution < -0.4 is 5.32 Å². The Morgan fingerprint density at radius 2 is 2.31 bits per heavy atom. The SMILES string of the molecule is O=C(CN1N=C(C2CC2)n2c(cc3scnc32)C1O)Nc1cccnc1. The third-order valence-electron chi connectivity index (χ3n) is 4.52. The number of nitrogens with zero attached hydrogens (tertiary/aromatic N) is 5. The summed E-state index contributed by atoms with van der Waals surface area (Å²) in [5, 5.41) is 19.6. The monoisotopic (exact) mass is 368 g/mol. The minimum atomic E-state index is -0.987. The number of pyridine rings is 1. The van der Waals surface area contributed by atoms with E-state index < -0.39 is 6.23 Å². The first kappa shape index (κ1) is 15.5. The highest BCUT2D eigenvalue weighted by Gasteiger charge is 2.38.